The van der Waals surface area contributed by atoms with Gasteiger partial charge in [0.15, 0.2) is 0 Å². The zero-order chi connectivity index (χ0) is 13.7. The summed E-state index contributed by atoms with van der Waals surface area (Å²) in [4.78, 5) is 14.8. The molecule has 1 amide bonds. The first kappa shape index (κ1) is 17.8. The topological polar surface area (TPSA) is 46.3 Å². The van der Waals surface area contributed by atoms with Crippen LogP contribution in [0.15, 0.2) is 0 Å². The molecule has 1 aliphatic carbocycles. The van der Waals surface area contributed by atoms with Gasteiger partial charge in [-0.1, -0.05) is 32.6 Å². The van der Waals surface area contributed by atoms with Crippen LogP contribution in [0.5, 0.6) is 0 Å². The number of carbonyl (C=O) groups is 1. The average Bonchev–Trinajstić information content (AvgIpc) is 2.66. The van der Waals surface area contributed by atoms with Gasteiger partial charge in [-0.15, -0.1) is 12.4 Å². The lowest BCUT2D eigenvalue weighted by atomic mass is 9.82. The van der Waals surface area contributed by atoms with Gasteiger partial charge in [-0.25, -0.2) is 0 Å². The molecule has 2 N–H and O–H groups in total. The second-order valence-electron chi connectivity index (χ2n) is 6.41. The van der Waals surface area contributed by atoms with Crippen LogP contribution in [-0.4, -0.2) is 29.4 Å². The third kappa shape index (κ3) is 4.63. The zero-order valence-corrected chi connectivity index (χ0v) is 13.7. The van der Waals surface area contributed by atoms with E-state index in [1.165, 1.54) is 38.5 Å². The molecule has 1 saturated heterocycles. The standard InChI is InChI=1S/C16H30N2O.ClH/c1-2-14-9-4-3-7-11-18(14)16(19)12-13-8-5-6-10-15(13)17;/h13-15H,2-12,17H2,1H3;1H. The average molecular weight is 303 g/mol. The first-order valence-electron chi connectivity index (χ1n) is 8.27. The minimum atomic E-state index is 0. The van der Waals surface area contributed by atoms with Gasteiger partial charge < -0.3 is 10.6 Å². The third-order valence-electron chi connectivity index (χ3n) is 5.07. The Morgan fingerprint density at radius 1 is 1.10 bits per heavy atom. The van der Waals surface area contributed by atoms with E-state index < -0.39 is 0 Å². The maximum Gasteiger partial charge on any atom is 0.223 e. The first-order valence-corrected chi connectivity index (χ1v) is 8.27. The monoisotopic (exact) mass is 302 g/mol. The van der Waals surface area contributed by atoms with Crippen LogP contribution in [0, 0.1) is 5.92 Å². The van der Waals surface area contributed by atoms with Gasteiger partial charge in [0, 0.05) is 25.0 Å². The Hall–Kier alpha value is -0.280. The Morgan fingerprint density at radius 2 is 1.80 bits per heavy atom. The number of nitrogens with two attached hydrogens (primary N) is 1. The predicted octanol–water partition coefficient (Wildman–Crippen LogP) is 3.50. The van der Waals surface area contributed by atoms with Crippen LogP contribution in [-0.2, 0) is 4.79 Å². The minimum Gasteiger partial charge on any atom is -0.340 e. The van der Waals surface area contributed by atoms with Gasteiger partial charge in [0.05, 0.1) is 0 Å². The van der Waals surface area contributed by atoms with Crippen molar-refractivity contribution in [2.75, 3.05) is 6.54 Å². The van der Waals surface area contributed by atoms with E-state index >= 15 is 0 Å². The molecule has 1 aliphatic heterocycles. The van der Waals surface area contributed by atoms with Gasteiger partial charge in [0.25, 0.3) is 0 Å². The second kappa shape index (κ2) is 8.89. The van der Waals surface area contributed by atoms with E-state index in [1.807, 2.05) is 0 Å². The smallest absolute Gasteiger partial charge is 0.223 e. The summed E-state index contributed by atoms with van der Waals surface area (Å²) in [5, 5.41) is 0. The van der Waals surface area contributed by atoms with E-state index in [2.05, 4.69) is 11.8 Å². The molecule has 0 aromatic carbocycles. The summed E-state index contributed by atoms with van der Waals surface area (Å²) in [5.74, 6) is 0.804. The summed E-state index contributed by atoms with van der Waals surface area (Å²) in [6.45, 7) is 3.18. The van der Waals surface area contributed by atoms with Crippen LogP contribution in [0.4, 0.5) is 0 Å². The molecule has 2 aliphatic rings. The van der Waals surface area contributed by atoms with Crippen LogP contribution in [0.25, 0.3) is 0 Å². The molecule has 2 fully saturated rings. The van der Waals surface area contributed by atoms with Crippen LogP contribution in [0.1, 0.15) is 71.1 Å². The Bertz CT molecular complexity index is 298. The highest BCUT2D eigenvalue weighted by Gasteiger charge is 2.29. The SMILES string of the molecule is CCC1CCCCCN1C(=O)CC1CCCCC1N.Cl. The van der Waals surface area contributed by atoms with Gasteiger partial charge in [0.2, 0.25) is 5.91 Å². The summed E-state index contributed by atoms with van der Waals surface area (Å²) in [5.41, 5.74) is 6.18. The van der Waals surface area contributed by atoms with Crippen molar-refractivity contribution < 1.29 is 4.79 Å². The minimum absolute atomic E-state index is 0. The van der Waals surface area contributed by atoms with E-state index in [0.717, 1.165) is 25.8 Å². The first-order chi connectivity index (χ1) is 9.22. The highest BCUT2D eigenvalue weighted by Crippen LogP contribution is 2.28. The fourth-order valence-corrected chi connectivity index (χ4v) is 3.76. The van der Waals surface area contributed by atoms with Crippen LogP contribution >= 0.6 is 12.4 Å². The van der Waals surface area contributed by atoms with E-state index in [-0.39, 0.29) is 18.4 Å². The molecule has 1 saturated carbocycles. The normalized spacial score (nSPS) is 31.3. The molecule has 0 radical (unpaired) electrons. The lowest BCUT2D eigenvalue weighted by molar-refractivity contribution is -0.135. The Morgan fingerprint density at radius 3 is 2.50 bits per heavy atom. The van der Waals surface area contributed by atoms with E-state index in [4.69, 9.17) is 5.73 Å². The van der Waals surface area contributed by atoms with Gasteiger partial charge in [-0.2, -0.15) is 0 Å². The molecule has 3 nitrogen and oxygen atoms in total. The van der Waals surface area contributed by atoms with E-state index in [1.54, 1.807) is 0 Å². The van der Waals surface area contributed by atoms with Gasteiger partial charge in [-0.3, -0.25) is 4.79 Å². The van der Waals surface area contributed by atoms with Crippen molar-refractivity contribution in [3.63, 3.8) is 0 Å². The number of likely N-dealkylation sites (tertiary alicyclic amines) is 1. The molecule has 3 unspecified atom stereocenters. The van der Waals surface area contributed by atoms with Gasteiger partial charge >= 0.3 is 0 Å². The van der Waals surface area contributed by atoms with Crippen molar-refractivity contribution in [2.24, 2.45) is 11.7 Å². The highest BCUT2D eigenvalue weighted by atomic mass is 35.5. The molecule has 2 rings (SSSR count). The maximum absolute atomic E-state index is 12.6. The fraction of sp³-hybridized carbons (Fsp3) is 0.938. The molecule has 0 bridgehead atoms. The quantitative estimate of drug-likeness (QED) is 0.867. The fourth-order valence-electron chi connectivity index (χ4n) is 3.76. The molecule has 0 spiro atoms. The number of halogens is 1. The Kier molecular flexibility index (Phi) is 7.90. The molecule has 20 heavy (non-hydrogen) atoms. The number of hydrogen-bond donors (Lipinski definition) is 1. The lowest BCUT2D eigenvalue weighted by Gasteiger charge is -2.33. The number of nitrogens with zero attached hydrogens (tertiary/aromatic N) is 1. The number of hydrogen-bond acceptors (Lipinski definition) is 2. The third-order valence-corrected chi connectivity index (χ3v) is 5.07. The summed E-state index contributed by atoms with van der Waals surface area (Å²) in [6, 6.07) is 0.736. The summed E-state index contributed by atoms with van der Waals surface area (Å²) < 4.78 is 0. The van der Waals surface area contributed by atoms with Gasteiger partial charge in [0.1, 0.15) is 0 Å². The molecule has 0 aromatic heterocycles. The lowest BCUT2D eigenvalue weighted by Crippen LogP contribution is -2.43. The second-order valence-corrected chi connectivity index (χ2v) is 6.41. The zero-order valence-electron chi connectivity index (χ0n) is 12.9. The van der Waals surface area contributed by atoms with E-state index in [9.17, 15) is 4.79 Å². The van der Waals surface area contributed by atoms with Crippen LogP contribution in [0.2, 0.25) is 0 Å². The molecule has 1 heterocycles. The molecule has 0 aromatic rings. The van der Waals surface area contributed by atoms with Crippen LogP contribution in [0.3, 0.4) is 0 Å². The van der Waals surface area contributed by atoms with Crippen molar-refractivity contribution >= 4 is 18.3 Å². The molecular formula is C16H31ClN2O. The summed E-state index contributed by atoms with van der Waals surface area (Å²) in [7, 11) is 0. The molecule has 3 atom stereocenters. The maximum atomic E-state index is 12.6. The molecule has 4 heteroatoms. The highest BCUT2D eigenvalue weighted by molar-refractivity contribution is 5.85. The van der Waals surface area contributed by atoms with Gasteiger partial charge in [-0.05, 0) is 38.0 Å². The number of rotatable bonds is 3. The number of amides is 1. The van der Waals surface area contributed by atoms with Crippen molar-refractivity contribution in [1.29, 1.82) is 0 Å². The van der Waals surface area contributed by atoms with Crippen molar-refractivity contribution in [3.8, 4) is 0 Å². The van der Waals surface area contributed by atoms with Crippen molar-refractivity contribution in [3.05, 3.63) is 0 Å². The van der Waals surface area contributed by atoms with Crippen LogP contribution < -0.4 is 5.73 Å². The molecular weight excluding hydrogens is 272 g/mol. The van der Waals surface area contributed by atoms with Crippen molar-refractivity contribution in [2.45, 2.75) is 83.2 Å². The predicted molar refractivity (Wildman–Crippen MR) is 86.1 cm³/mol. The van der Waals surface area contributed by atoms with E-state index in [0.29, 0.717) is 24.3 Å². The molecule has 118 valence electrons. The van der Waals surface area contributed by atoms with Crippen molar-refractivity contribution in [1.82, 2.24) is 4.90 Å². The number of carbonyl (C=O) groups excluding carboxylic acids is 1. The summed E-state index contributed by atoms with van der Waals surface area (Å²) in [6.07, 6.45) is 11.5. The summed E-state index contributed by atoms with van der Waals surface area (Å²) >= 11 is 0. The Labute approximate surface area is 130 Å². The largest absolute Gasteiger partial charge is 0.340 e. The Balaban J connectivity index is 0.00000200.